The molecule has 2 aromatic rings. The fourth-order valence-corrected chi connectivity index (χ4v) is 3.33. The molecule has 0 aliphatic carbocycles. The first-order chi connectivity index (χ1) is 10.3. The van der Waals surface area contributed by atoms with Crippen LogP contribution in [-0.4, -0.2) is 18.9 Å². The van der Waals surface area contributed by atoms with Gasteiger partial charge in [-0.05, 0) is 22.8 Å². The Kier molecular flexibility index (Phi) is 3.00. The minimum absolute atomic E-state index is 0.120. The van der Waals surface area contributed by atoms with E-state index in [2.05, 4.69) is 17.4 Å². The largest absolute Gasteiger partial charge is 0.492 e. The summed E-state index contributed by atoms with van der Waals surface area (Å²) in [6.07, 6.45) is 0.899. The van der Waals surface area contributed by atoms with Crippen molar-refractivity contribution in [1.82, 2.24) is 5.32 Å². The van der Waals surface area contributed by atoms with Gasteiger partial charge in [0.1, 0.15) is 5.75 Å². The zero-order valence-electron chi connectivity index (χ0n) is 11.8. The summed E-state index contributed by atoms with van der Waals surface area (Å²) < 4.78 is 5.69. The van der Waals surface area contributed by atoms with Gasteiger partial charge in [0.2, 0.25) is 0 Å². The molecule has 0 fully saturated rings. The summed E-state index contributed by atoms with van der Waals surface area (Å²) >= 11 is 0. The van der Waals surface area contributed by atoms with Crippen LogP contribution in [-0.2, 0) is 13.0 Å². The SMILES string of the molecule is O=C(c1cccc2c1OCC2)C1CNCc2ccccc21. The highest BCUT2D eigenvalue weighted by Crippen LogP contribution is 2.34. The fourth-order valence-electron chi connectivity index (χ4n) is 3.33. The minimum atomic E-state index is -0.120. The first-order valence-corrected chi connectivity index (χ1v) is 7.42. The Hall–Kier alpha value is -2.13. The lowest BCUT2D eigenvalue weighted by Gasteiger charge is -2.25. The van der Waals surface area contributed by atoms with Crippen LogP contribution in [0.4, 0.5) is 0 Å². The van der Waals surface area contributed by atoms with Gasteiger partial charge in [-0.25, -0.2) is 0 Å². The van der Waals surface area contributed by atoms with E-state index in [0.29, 0.717) is 13.2 Å². The van der Waals surface area contributed by atoms with Crippen molar-refractivity contribution in [2.24, 2.45) is 0 Å². The Morgan fingerprint density at radius 3 is 2.90 bits per heavy atom. The standard InChI is InChI=1S/C18H17NO2/c20-17(15-7-3-5-12-8-9-21-18(12)15)16-11-19-10-13-4-1-2-6-14(13)16/h1-7,16,19H,8-11H2. The zero-order chi connectivity index (χ0) is 14.2. The van der Waals surface area contributed by atoms with Crippen molar-refractivity contribution in [3.05, 3.63) is 64.7 Å². The van der Waals surface area contributed by atoms with E-state index in [1.165, 1.54) is 5.56 Å². The second-order valence-electron chi connectivity index (χ2n) is 5.64. The Morgan fingerprint density at radius 1 is 1.10 bits per heavy atom. The van der Waals surface area contributed by atoms with E-state index < -0.39 is 0 Å². The molecule has 2 heterocycles. The number of benzene rings is 2. The van der Waals surface area contributed by atoms with Crippen molar-refractivity contribution in [2.45, 2.75) is 18.9 Å². The summed E-state index contributed by atoms with van der Waals surface area (Å²) in [5.74, 6) is 0.838. The molecule has 0 bridgehead atoms. The maximum atomic E-state index is 13.0. The molecule has 3 heteroatoms. The number of carbonyl (C=O) groups is 1. The third-order valence-electron chi connectivity index (χ3n) is 4.39. The van der Waals surface area contributed by atoms with Crippen LogP contribution in [0.5, 0.6) is 5.75 Å². The van der Waals surface area contributed by atoms with Gasteiger partial charge in [0.25, 0.3) is 0 Å². The molecule has 0 radical (unpaired) electrons. The van der Waals surface area contributed by atoms with Crippen LogP contribution in [0, 0.1) is 0 Å². The number of hydrogen-bond donors (Lipinski definition) is 1. The molecule has 1 N–H and O–H groups in total. The van der Waals surface area contributed by atoms with Crippen LogP contribution in [0.25, 0.3) is 0 Å². The monoisotopic (exact) mass is 279 g/mol. The van der Waals surface area contributed by atoms with Crippen LogP contribution in [0.2, 0.25) is 0 Å². The van der Waals surface area contributed by atoms with Crippen LogP contribution in [0.3, 0.4) is 0 Å². The van der Waals surface area contributed by atoms with Crippen molar-refractivity contribution in [3.63, 3.8) is 0 Å². The van der Waals surface area contributed by atoms with Gasteiger partial charge >= 0.3 is 0 Å². The lowest BCUT2D eigenvalue weighted by Crippen LogP contribution is -2.32. The summed E-state index contributed by atoms with van der Waals surface area (Å²) in [4.78, 5) is 13.0. The van der Waals surface area contributed by atoms with Gasteiger partial charge in [-0.1, -0.05) is 36.4 Å². The summed E-state index contributed by atoms with van der Waals surface area (Å²) in [5, 5.41) is 3.35. The van der Waals surface area contributed by atoms with Crippen LogP contribution in [0.15, 0.2) is 42.5 Å². The highest BCUT2D eigenvalue weighted by molar-refractivity contribution is 6.04. The number of nitrogens with one attached hydrogen (secondary N) is 1. The lowest BCUT2D eigenvalue weighted by molar-refractivity contribution is 0.0952. The third kappa shape index (κ3) is 2.05. The number of hydrogen-bond acceptors (Lipinski definition) is 3. The molecule has 0 aromatic heterocycles. The molecule has 21 heavy (non-hydrogen) atoms. The molecule has 0 spiro atoms. The lowest BCUT2D eigenvalue weighted by atomic mass is 9.84. The normalized spacial score (nSPS) is 19.5. The average molecular weight is 279 g/mol. The number of ketones is 1. The van der Waals surface area contributed by atoms with Crippen molar-refractivity contribution in [3.8, 4) is 5.75 Å². The summed E-state index contributed by atoms with van der Waals surface area (Å²) in [6.45, 7) is 2.21. The predicted octanol–water partition coefficient (Wildman–Crippen LogP) is 2.69. The highest BCUT2D eigenvalue weighted by Gasteiger charge is 2.30. The molecule has 1 unspecified atom stereocenters. The van der Waals surface area contributed by atoms with E-state index in [0.717, 1.165) is 35.4 Å². The average Bonchev–Trinajstić information content (AvgIpc) is 3.02. The molecular formula is C18H17NO2. The quantitative estimate of drug-likeness (QED) is 0.859. The van der Waals surface area contributed by atoms with Gasteiger partial charge in [0, 0.05) is 19.5 Å². The fraction of sp³-hybridized carbons (Fsp3) is 0.278. The molecule has 1 atom stereocenters. The Labute approximate surface area is 123 Å². The molecule has 2 aromatic carbocycles. The number of Topliss-reactive ketones (excluding diaryl/α,β-unsaturated/α-hetero) is 1. The number of carbonyl (C=O) groups excluding carboxylic acids is 1. The second-order valence-corrected chi connectivity index (χ2v) is 5.64. The van der Waals surface area contributed by atoms with Gasteiger partial charge < -0.3 is 10.1 Å². The Morgan fingerprint density at radius 2 is 1.95 bits per heavy atom. The van der Waals surface area contributed by atoms with Gasteiger partial charge in [-0.15, -0.1) is 0 Å². The summed E-state index contributed by atoms with van der Waals surface area (Å²) in [5.41, 5.74) is 4.25. The van der Waals surface area contributed by atoms with E-state index in [4.69, 9.17) is 4.74 Å². The topological polar surface area (TPSA) is 38.3 Å². The molecule has 2 aliphatic rings. The molecule has 2 aliphatic heterocycles. The van der Waals surface area contributed by atoms with E-state index in [9.17, 15) is 4.79 Å². The van der Waals surface area contributed by atoms with Crippen molar-refractivity contribution < 1.29 is 9.53 Å². The van der Waals surface area contributed by atoms with Crippen LogP contribution >= 0.6 is 0 Å². The molecule has 0 amide bonds. The van der Waals surface area contributed by atoms with Gasteiger partial charge in [-0.2, -0.15) is 0 Å². The van der Waals surface area contributed by atoms with Gasteiger partial charge in [0.05, 0.1) is 18.1 Å². The molecule has 3 nitrogen and oxygen atoms in total. The first-order valence-electron chi connectivity index (χ1n) is 7.42. The number of fused-ring (bicyclic) bond motifs is 2. The smallest absolute Gasteiger partial charge is 0.175 e. The van der Waals surface area contributed by atoms with E-state index in [1.807, 2.05) is 30.3 Å². The molecule has 4 rings (SSSR count). The Bertz CT molecular complexity index is 708. The maximum Gasteiger partial charge on any atom is 0.175 e. The maximum absolute atomic E-state index is 13.0. The second kappa shape index (κ2) is 5.01. The highest BCUT2D eigenvalue weighted by atomic mass is 16.5. The summed E-state index contributed by atoms with van der Waals surface area (Å²) in [7, 11) is 0. The van der Waals surface area contributed by atoms with E-state index in [-0.39, 0.29) is 11.7 Å². The molecule has 0 saturated heterocycles. The number of rotatable bonds is 2. The van der Waals surface area contributed by atoms with Crippen LogP contribution < -0.4 is 10.1 Å². The van der Waals surface area contributed by atoms with Crippen molar-refractivity contribution in [1.29, 1.82) is 0 Å². The number of para-hydroxylation sites is 1. The molecule has 106 valence electrons. The summed E-state index contributed by atoms with van der Waals surface area (Å²) in [6, 6.07) is 14.1. The first kappa shape index (κ1) is 12.6. The van der Waals surface area contributed by atoms with Gasteiger partial charge in [-0.3, -0.25) is 4.79 Å². The molecule has 0 saturated carbocycles. The molecular weight excluding hydrogens is 262 g/mol. The predicted molar refractivity (Wildman–Crippen MR) is 80.9 cm³/mol. The zero-order valence-corrected chi connectivity index (χ0v) is 11.8. The van der Waals surface area contributed by atoms with Crippen molar-refractivity contribution >= 4 is 5.78 Å². The number of ether oxygens (including phenoxy) is 1. The van der Waals surface area contributed by atoms with Gasteiger partial charge in [0.15, 0.2) is 5.78 Å². The third-order valence-corrected chi connectivity index (χ3v) is 4.39. The van der Waals surface area contributed by atoms with Crippen molar-refractivity contribution in [2.75, 3.05) is 13.2 Å². The van der Waals surface area contributed by atoms with E-state index >= 15 is 0 Å². The van der Waals surface area contributed by atoms with Crippen LogP contribution in [0.1, 0.15) is 33.0 Å². The minimum Gasteiger partial charge on any atom is -0.492 e. The van der Waals surface area contributed by atoms with E-state index in [1.54, 1.807) is 0 Å². The Balaban J connectivity index is 1.75.